The van der Waals surface area contributed by atoms with Crippen LogP contribution in [0.2, 0.25) is 0 Å². The monoisotopic (exact) mass is 280 g/mol. The third-order valence-electron chi connectivity index (χ3n) is 4.32. The molecule has 2 aliphatic rings. The predicted octanol–water partition coefficient (Wildman–Crippen LogP) is 0.411. The maximum Gasteiger partial charge on any atom is 0.242 e. The van der Waals surface area contributed by atoms with Crippen LogP contribution in [0, 0.1) is 17.3 Å². The van der Waals surface area contributed by atoms with Gasteiger partial charge in [-0.05, 0) is 20.8 Å². The van der Waals surface area contributed by atoms with Gasteiger partial charge in [-0.25, -0.2) is 0 Å². The van der Waals surface area contributed by atoms with Crippen molar-refractivity contribution >= 4 is 23.6 Å². The van der Waals surface area contributed by atoms with Crippen LogP contribution in [0.1, 0.15) is 34.6 Å². The van der Waals surface area contributed by atoms with E-state index in [1.165, 1.54) is 0 Å². The highest BCUT2D eigenvalue weighted by molar-refractivity contribution is 6.22. The summed E-state index contributed by atoms with van der Waals surface area (Å²) in [6.07, 6.45) is 0. The lowest BCUT2D eigenvalue weighted by Gasteiger charge is -2.51. The highest BCUT2D eigenvalue weighted by atomic mass is 16.2. The minimum atomic E-state index is -0.959. The molecule has 0 aromatic carbocycles. The largest absolute Gasteiger partial charge is 0.281 e. The van der Waals surface area contributed by atoms with E-state index in [1.807, 2.05) is 0 Å². The molecule has 0 radical (unpaired) electrons. The normalized spacial score (nSPS) is 29.5. The number of fused-ring (bicyclic) bond motifs is 2. The lowest BCUT2D eigenvalue weighted by atomic mass is 9.62. The highest BCUT2D eigenvalue weighted by Crippen LogP contribution is 2.47. The summed E-state index contributed by atoms with van der Waals surface area (Å²) in [5, 5.41) is 0. The van der Waals surface area contributed by atoms with Gasteiger partial charge in [-0.1, -0.05) is 13.8 Å². The van der Waals surface area contributed by atoms with Crippen LogP contribution in [0.5, 0.6) is 0 Å². The van der Waals surface area contributed by atoms with Crippen LogP contribution < -0.4 is 0 Å². The van der Waals surface area contributed by atoms with Gasteiger partial charge in [-0.3, -0.25) is 29.0 Å². The second kappa shape index (κ2) is 4.40. The molecule has 2 saturated heterocycles. The average molecular weight is 280 g/mol. The Morgan fingerprint density at radius 1 is 0.950 bits per heavy atom. The molecule has 6 nitrogen and oxygen atoms in total. The Hall–Kier alpha value is -1.72. The number of hydrogen-bond donors (Lipinski definition) is 0. The Balaban J connectivity index is 2.61. The zero-order chi connectivity index (χ0) is 15.4. The van der Waals surface area contributed by atoms with Gasteiger partial charge in [0.15, 0.2) is 0 Å². The van der Waals surface area contributed by atoms with Crippen molar-refractivity contribution in [1.29, 1.82) is 0 Å². The Kier molecular flexibility index (Phi) is 3.23. The summed E-state index contributed by atoms with van der Waals surface area (Å²) in [6, 6.07) is -0.357. The van der Waals surface area contributed by atoms with Crippen LogP contribution in [-0.2, 0) is 19.2 Å². The van der Waals surface area contributed by atoms with Crippen molar-refractivity contribution in [1.82, 2.24) is 9.80 Å². The van der Waals surface area contributed by atoms with Crippen molar-refractivity contribution in [3.8, 4) is 0 Å². The second-order valence-electron chi connectivity index (χ2n) is 6.25. The fourth-order valence-electron chi connectivity index (χ4n) is 3.28. The van der Waals surface area contributed by atoms with Gasteiger partial charge in [0.1, 0.15) is 11.8 Å². The first-order chi connectivity index (χ1) is 9.16. The van der Waals surface area contributed by atoms with E-state index in [0.717, 1.165) is 9.80 Å². The highest BCUT2D eigenvalue weighted by Gasteiger charge is 2.64. The number of carbonyl (C=O) groups excluding carboxylic acids is 4. The molecule has 0 spiro atoms. The van der Waals surface area contributed by atoms with E-state index in [1.54, 1.807) is 34.6 Å². The van der Waals surface area contributed by atoms with Crippen molar-refractivity contribution in [2.45, 2.75) is 40.7 Å². The van der Waals surface area contributed by atoms with Gasteiger partial charge in [-0.2, -0.15) is 0 Å². The van der Waals surface area contributed by atoms with Gasteiger partial charge in [0, 0.05) is 18.0 Å². The van der Waals surface area contributed by atoms with Gasteiger partial charge in [0.2, 0.25) is 23.6 Å². The fourth-order valence-corrected chi connectivity index (χ4v) is 3.28. The van der Waals surface area contributed by atoms with Crippen LogP contribution >= 0.6 is 0 Å². The molecule has 2 rings (SSSR count). The molecule has 20 heavy (non-hydrogen) atoms. The summed E-state index contributed by atoms with van der Waals surface area (Å²) in [6.45, 7) is 8.56. The number of piperidine rings is 2. The standard InChI is InChI=1S/C14H20N2O4/c1-6-15-10(17)8-12(19)16(7(2)3)13(20)9(11(15)18)14(8,4)5/h7-9H,6H2,1-5H3. The molecule has 2 atom stereocenters. The number of rotatable bonds is 2. The molecule has 2 unspecified atom stereocenters. The van der Waals surface area contributed by atoms with E-state index >= 15 is 0 Å². The lowest BCUT2D eigenvalue weighted by Crippen LogP contribution is -2.71. The Morgan fingerprint density at radius 3 is 1.65 bits per heavy atom. The number of likely N-dealkylation sites (tertiary alicyclic amines) is 2. The number of carbonyl (C=O) groups is 4. The molecule has 2 bridgehead atoms. The molecule has 0 aromatic rings. The van der Waals surface area contributed by atoms with Gasteiger partial charge in [0.25, 0.3) is 0 Å². The maximum absolute atomic E-state index is 12.5. The molecule has 2 heterocycles. The topological polar surface area (TPSA) is 74.8 Å². The molecule has 0 aromatic heterocycles. The van der Waals surface area contributed by atoms with E-state index in [9.17, 15) is 19.2 Å². The molecule has 0 N–H and O–H groups in total. The first-order valence-electron chi connectivity index (χ1n) is 6.88. The summed E-state index contributed by atoms with van der Waals surface area (Å²) < 4.78 is 0. The van der Waals surface area contributed by atoms with Crippen molar-refractivity contribution in [2.24, 2.45) is 17.3 Å². The maximum atomic E-state index is 12.5. The minimum absolute atomic E-state index is 0.184. The molecular weight excluding hydrogens is 260 g/mol. The van der Waals surface area contributed by atoms with Crippen LogP contribution in [0.15, 0.2) is 0 Å². The van der Waals surface area contributed by atoms with Crippen molar-refractivity contribution in [3.05, 3.63) is 0 Å². The summed E-state index contributed by atoms with van der Waals surface area (Å²) in [5.41, 5.74) is -0.959. The number of imide groups is 2. The smallest absolute Gasteiger partial charge is 0.242 e. The van der Waals surface area contributed by atoms with E-state index in [0.29, 0.717) is 0 Å². The third kappa shape index (κ3) is 1.63. The zero-order valence-corrected chi connectivity index (χ0v) is 12.5. The predicted molar refractivity (Wildman–Crippen MR) is 70.1 cm³/mol. The van der Waals surface area contributed by atoms with E-state index in [-0.39, 0.29) is 12.6 Å². The molecule has 0 saturated carbocycles. The fraction of sp³-hybridized carbons (Fsp3) is 0.714. The van der Waals surface area contributed by atoms with Crippen LogP contribution in [0.25, 0.3) is 0 Å². The molecule has 4 amide bonds. The summed E-state index contributed by atoms with van der Waals surface area (Å²) in [4.78, 5) is 52.0. The molecule has 6 heteroatoms. The Labute approximate surface area is 118 Å². The SMILES string of the molecule is CCN1C(=O)C2C(=O)N(C(C)C)C(=O)C(C1=O)C2(C)C. The third-order valence-corrected chi connectivity index (χ3v) is 4.32. The van der Waals surface area contributed by atoms with Crippen molar-refractivity contribution in [3.63, 3.8) is 0 Å². The molecule has 110 valence electrons. The number of nitrogens with zero attached hydrogens (tertiary/aromatic N) is 2. The Morgan fingerprint density at radius 2 is 1.35 bits per heavy atom. The molecule has 2 fully saturated rings. The van der Waals surface area contributed by atoms with Gasteiger partial charge < -0.3 is 0 Å². The van der Waals surface area contributed by atoms with Gasteiger partial charge >= 0.3 is 0 Å². The van der Waals surface area contributed by atoms with Crippen LogP contribution in [0.3, 0.4) is 0 Å². The van der Waals surface area contributed by atoms with Crippen molar-refractivity contribution < 1.29 is 19.2 Å². The summed E-state index contributed by atoms with van der Waals surface area (Å²) in [7, 11) is 0. The quantitative estimate of drug-likeness (QED) is 0.542. The second-order valence-corrected chi connectivity index (χ2v) is 6.25. The van der Waals surface area contributed by atoms with Crippen LogP contribution in [-0.4, -0.2) is 46.0 Å². The van der Waals surface area contributed by atoms with E-state index < -0.39 is 40.9 Å². The molecule has 2 aliphatic heterocycles. The van der Waals surface area contributed by atoms with Gasteiger partial charge in [0.05, 0.1) is 0 Å². The first-order valence-corrected chi connectivity index (χ1v) is 6.88. The summed E-state index contributed by atoms with van der Waals surface area (Å²) >= 11 is 0. The Bertz CT molecular complexity index is 471. The van der Waals surface area contributed by atoms with Crippen molar-refractivity contribution in [2.75, 3.05) is 6.54 Å². The number of amides is 4. The van der Waals surface area contributed by atoms with Crippen LogP contribution in [0.4, 0.5) is 0 Å². The molecule has 0 aliphatic carbocycles. The molecular formula is C14H20N2O4. The summed E-state index contributed by atoms with van der Waals surface area (Å²) in [5.74, 6) is -3.84. The van der Waals surface area contributed by atoms with E-state index in [2.05, 4.69) is 0 Å². The van der Waals surface area contributed by atoms with E-state index in [4.69, 9.17) is 0 Å². The number of hydrogen-bond acceptors (Lipinski definition) is 4. The lowest BCUT2D eigenvalue weighted by molar-refractivity contribution is -0.185. The average Bonchev–Trinajstić information content (AvgIpc) is 2.26. The zero-order valence-electron chi connectivity index (χ0n) is 12.5. The van der Waals surface area contributed by atoms with Gasteiger partial charge in [-0.15, -0.1) is 0 Å². The minimum Gasteiger partial charge on any atom is -0.281 e. The first kappa shape index (κ1) is 14.7.